The number of aliphatic imine (C=N–C) groups is 1. The summed E-state index contributed by atoms with van der Waals surface area (Å²) >= 11 is 0. The highest BCUT2D eigenvalue weighted by molar-refractivity contribution is 5.76. The van der Waals surface area contributed by atoms with Gasteiger partial charge in [0.1, 0.15) is 0 Å². The molecule has 1 aliphatic rings. The van der Waals surface area contributed by atoms with Crippen molar-refractivity contribution in [3.63, 3.8) is 0 Å². The molecule has 0 fully saturated rings. The molecule has 1 heterocycles. The maximum Gasteiger partial charge on any atom is 0.293 e. The van der Waals surface area contributed by atoms with Crippen molar-refractivity contribution in [3.8, 4) is 0 Å². The molecule has 0 saturated carbocycles. The summed E-state index contributed by atoms with van der Waals surface area (Å²) in [6.45, 7) is 12.9. The average molecular weight is 206 g/mol. The third kappa shape index (κ3) is 3.27. The van der Waals surface area contributed by atoms with Gasteiger partial charge in [-0.15, -0.1) is 13.2 Å². The van der Waals surface area contributed by atoms with Crippen molar-refractivity contribution >= 4 is 6.02 Å². The van der Waals surface area contributed by atoms with Gasteiger partial charge in [-0.2, -0.15) is 0 Å². The van der Waals surface area contributed by atoms with E-state index in [9.17, 15) is 0 Å². The van der Waals surface area contributed by atoms with Crippen LogP contribution in [0.2, 0.25) is 0 Å². The van der Waals surface area contributed by atoms with Crippen LogP contribution < -0.4 is 0 Å². The predicted octanol–water partition coefficient (Wildman–Crippen LogP) is 2.34. The Morgan fingerprint density at radius 3 is 2.47 bits per heavy atom. The molecule has 1 aliphatic heterocycles. The molecule has 82 valence electrons. The molecular formula is C12H18N2O. The minimum Gasteiger partial charge on any atom is -0.434 e. The Morgan fingerprint density at radius 2 is 2.00 bits per heavy atom. The maximum absolute atomic E-state index is 5.38. The molecule has 0 saturated heterocycles. The molecule has 15 heavy (non-hydrogen) atoms. The van der Waals surface area contributed by atoms with Crippen LogP contribution in [-0.2, 0) is 4.74 Å². The molecule has 1 rings (SSSR count). The molecule has 0 aromatic rings. The first-order valence-corrected chi connectivity index (χ1v) is 5.00. The summed E-state index contributed by atoms with van der Waals surface area (Å²) < 4.78 is 5.38. The quantitative estimate of drug-likeness (QED) is 0.659. The largest absolute Gasteiger partial charge is 0.434 e. The summed E-state index contributed by atoms with van der Waals surface area (Å²) in [5.74, 6) is 0. The Morgan fingerprint density at radius 1 is 1.40 bits per heavy atom. The minimum absolute atomic E-state index is 0.200. The zero-order valence-electron chi connectivity index (χ0n) is 9.44. The molecule has 0 unspecified atom stereocenters. The highest BCUT2D eigenvalue weighted by atomic mass is 16.5. The topological polar surface area (TPSA) is 24.8 Å². The van der Waals surface area contributed by atoms with Crippen molar-refractivity contribution in [2.75, 3.05) is 13.1 Å². The maximum atomic E-state index is 5.38. The smallest absolute Gasteiger partial charge is 0.293 e. The molecule has 0 aromatic carbocycles. The van der Waals surface area contributed by atoms with E-state index in [1.165, 1.54) is 0 Å². The zero-order chi connectivity index (χ0) is 11.3. The lowest BCUT2D eigenvalue weighted by Crippen LogP contribution is -2.36. The van der Waals surface area contributed by atoms with Gasteiger partial charge in [-0.3, -0.25) is 0 Å². The van der Waals surface area contributed by atoms with E-state index >= 15 is 0 Å². The van der Waals surface area contributed by atoms with Gasteiger partial charge in [0, 0.05) is 13.1 Å². The Balaban J connectivity index is 2.79. The Kier molecular flexibility index (Phi) is 3.72. The van der Waals surface area contributed by atoms with E-state index in [2.05, 4.69) is 18.2 Å². The first-order valence-electron chi connectivity index (χ1n) is 5.00. The number of rotatable bonds is 4. The SMILES string of the molecule is C=CCN(CC=C)C1=NC(C)(C)C=CO1. The van der Waals surface area contributed by atoms with Gasteiger partial charge in [-0.05, 0) is 19.9 Å². The summed E-state index contributed by atoms with van der Waals surface area (Å²) in [6.07, 6.45) is 7.25. The van der Waals surface area contributed by atoms with Crippen LogP contribution in [0.15, 0.2) is 42.6 Å². The highest BCUT2D eigenvalue weighted by Crippen LogP contribution is 2.17. The lowest BCUT2D eigenvalue weighted by atomic mass is 10.1. The average Bonchev–Trinajstić information content (AvgIpc) is 2.16. The van der Waals surface area contributed by atoms with Crippen molar-refractivity contribution in [3.05, 3.63) is 37.6 Å². The van der Waals surface area contributed by atoms with Gasteiger partial charge in [-0.25, -0.2) is 4.99 Å². The second-order valence-corrected chi connectivity index (χ2v) is 3.95. The summed E-state index contributed by atoms with van der Waals surface area (Å²) in [5.41, 5.74) is -0.200. The molecular weight excluding hydrogens is 188 g/mol. The van der Waals surface area contributed by atoms with Crippen molar-refractivity contribution < 1.29 is 4.74 Å². The van der Waals surface area contributed by atoms with Crippen LogP contribution in [0, 0.1) is 0 Å². The van der Waals surface area contributed by atoms with Gasteiger partial charge in [0.15, 0.2) is 0 Å². The summed E-state index contributed by atoms with van der Waals surface area (Å²) in [6, 6.07) is 0.627. The van der Waals surface area contributed by atoms with E-state index < -0.39 is 0 Å². The summed E-state index contributed by atoms with van der Waals surface area (Å²) in [4.78, 5) is 6.47. The molecule has 0 amide bonds. The van der Waals surface area contributed by atoms with Gasteiger partial charge in [0.05, 0.1) is 11.8 Å². The van der Waals surface area contributed by atoms with Crippen molar-refractivity contribution in [2.45, 2.75) is 19.4 Å². The number of amidine groups is 1. The third-order valence-corrected chi connectivity index (χ3v) is 2.00. The highest BCUT2D eigenvalue weighted by Gasteiger charge is 2.21. The lowest BCUT2D eigenvalue weighted by Gasteiger charge is -2.28. The van der Waals surface area contributed by atoms with Crippen LogP contribution in [0.1, 0.15) is 13.8 Å². The Labute approximate surface area is 91.4 Å². The van der Waals surface area contributed by atoms with Gasteiger partial charge in [-0.1, -0.05) is 12.2 Å². The Bertz CT molecular complexity index is 293. The molecule has 0 aromatic heterocycles. The zero-order valence-corrected chi connectivity index (χ0v) is 9.44. The standard InChI is InChI=1S/C12H18N2O/c1-5-8-14(9-6-2)11-13-12(3,4)7-10-15-11/h5-7,10H,1-2,8-9H2,3-4H3. The third-order valence-electron chi connectivity index (χ3n) is 2.00. The number of hydrogen-bond acceptors (Lipinski definition) is 3. The second-order valence-electron chi connectivity index (χ2n) is 3.95. The summed E-state index contributed by atoms with van der Waals surface area (Å²) in [5, 5.41) is 0. The van der Waals surface area contributed by atoms with E-state index in [-0.39, 0.29) is 5.54 Å². The van der Waals surface area contributed by atoms with Crippen LogP contribution in [0.4, 0.5) is 0 Å². The molecule has 0 N–H and O–H groups in total. The molecule has 3 heteroatoms. The Hall–Kier alpha value is -1.51. The van der Waals surface area contributed by atoms with Crippen LogP contribution in [-0.4, -0.2) is 29.6 Å². The van der Waals surface area contributed by atoms with Crippen LogP contribution in [0.3, 0.4) is 0 Å². The molecule has 0 bridgehead atoms. The van der Waals surface area contributed by atoms with Gasteiger partial charge >= 0.3 is 0 Å². The second kappa shape index (κ2) is 4.82. The number of ether oxygens (including phenoxy) is 1. The van der Waals surface area contributed by atoms with Gasteiger partial charge in [0.25, 0.3) is 6.02 Å². The van der Waals surface area contributed by atoms with E-state index in [4.69, 9.17) is 4.74 Å². The first-order chi connectivity index (χ1) is 7.09. The normalized spacial score (nSPS) is 17.6. The van der Waals surface area contributed by atoms with Gasteiger partial charge < -0.3 is 9.64 Å². The molecule has 0 radical (unpaired) electrons. The lowest BCUT2D eigenvalue weighted by molar-refractivity contribution is 0.323. The minimum atomic E-state index is -0.200. The van der Waals surface area contributed by atoms with E-state index in [0.29, 0.717) is 19.1 Å². The van der Waals surface area contributed by atoms with Gasteiger partial charge in [0.2, 0.25) is 0 Å². The summed E-state index contributed by atoms with van der Waals surface area (Å²) in [7, 11) is 0. The van der Waals surface area contributed by atoms with Crippen LogP contribution >= 0.6 is 0 Å². The van der Waals surface area contributed by atoms with Crippen LogP contribution in [0.25, 0.3) is 0 Å². The van der Waals surface area contributed by atoms with Crippen molar-refractivity contribution in [1.82, 2.24) is 4.90 Å². The molecule has 0 atom stereocenters. The van der Waals surface area contributed by atoms with Crippen LogP contribution in [0.5, 0.6) is 0 Å². The first kappa shape index (κ1) is 11.6. The number of nitrogens with zero attached hydrogens (tertiary/aromatic N) is 2. The fraction of sp³-hybridized carbons (Fsp3) is 0.417. The molecule has 3 nitrogen and oxygen atoms in total. The van der Waals surface area contributed by atoms with Crippen molar-refractivity contribution in [1.29, 1.82) is 0 Å². The van der Waals surface area contributed by atoms with E-state index in [1.54, 1.807) is 6.26 Å². The number of hydrogen-bond donors (Lipinski definition) is 0. The van der Waals surface area contributed by atoms with E-state index in [0.717, 1.165) is 0 Å². The molecule has 0 aliphatic carbocycles. The van der Waals surface area contributed by atoms with Crippen molar-refractivity contribution in [2.24, 2.45) is 4.99 Å². The van der Waals surface area contributed by atoms with E-state index in [1.807, 2.05) is 37.0 Å². The predicted molar refractivity (Wildman–Crippen MR) is 63.7 cm³/mol. The fourth-order valence-corrected chi connectivity index (χ4v) is 1.26. The monoisotopic (exact) mass is 206 g/mol. The fourth-order valence-electron chi connectivity index (χ4n) is 1.26. The molecule has 0 spiro atoms.